The summed E-state index contributed by atoms with van der Waals surface area (Å²) in [7, 11) is 1.76. The summed E-state index contributed by atoms with van der Waals surface area (Å²) in [6, 6.07) is 3.68. The molecule has 1 amide bonds. The number of carbonyl (C=O) groups excluding carboxylic acids is 1. The zero-order chi connectivity index (χ0) is 24.5. The molecule has 2 aliphatic rings. The van der Waals surface area contributed by atoms with E-state index in [2.05, 4.69) is 24.2 Å². The van der Waals surface area contributed by atoms with Gasteiger partial charge >= 0.3 is 12.1 Å². The van der Waals surface area contributed by atoms with Crippen molar-refractivity contribution in [1.82, 2.24) is 24.9 Å². The average molecular weight is 472 g/mol. The number of pyridine rings is 1. The number of hydrogen-bond acceptors (Lipinski definition) is 7. The van der Waals surface area contributed by atoms with Gasteiger partial charge in [-0.3, -0.25) is 4.79 Å². The first kappa shape index (κ1) is 24.0. The number of amides is 1. The molecular weight excluding hydrogens is 438 g/mol. The minimum absolute atomic E-state index is 0.0502. The molecule has 1 aliphatic heterocycles. The Balaban J connectivity index is 1.46. The summed E-state index contributed by atoms with van der Waals surface area (Å²) >= 11 is 0. The molecule has 2 aromatic rings. The lowest BCUT2D eigenvalue weighted by Gasteiger charge is -2.44. The van der Waals surface area contributed by atoms with E-state index in [0.29, 0.717) is 55.2 Å². The smallest absolute Gasteiger partial charge is 0.410 e. The summed E-state index contributed by atoms with van der Waals surface area (Å²) in [4.78, 5) is 30.2. The first-order valence-electron chi connectivity index (χ1n) is 11.9. The van der Waals surface area contributed by atoms with Crippen molar-refractivity contribution in [2.24, 2.45) is 18.4 Å². The molecule has 184 valence electrons. The molecule has 1 saturated heterocycles. The number of aryl methyl sites for hydroxylation is 2. The van der Waals surface area contributed by atoms with Crippen LogP contribution in [-0.2, 0) is 29.6 Å². The highest BCUT2D eigenvalue weighted by atomic mass is 16.6. The number of rotatable bonds is 7. The van der Waals surface area contributed by atoms with Crippen molar-refractivity contribution < 1.29 is 24.2 Å². The summed E-state index contributed by atoms with van der Waals surface area (Å²) in [5.74, 6) is -0.450. The van der Waals surface area contributed by atoms with Gasteiger partial charge in [-0.25, -0.2) is 14.5 Å². The van der Waals surface area contributed by atoms with Crippen LogP contribution in [0.15, 0.2) is 12.1 Å². The van der Waals surface area contributed by atoms with Gasteiger partial charge in [0.2, 0.25) is 0 Å². The molecule has 2 aromatic heterocycles. The SMILES string of the molecule is CCc1nc(-c2nnn(C)c2COC(=O)N2CC(C)(C)C2)ccc1O[C@H]1CCC[C@H](C(=O)O)C1. The van der Waals surface area contributed by atoms with Crippen molar-refractivity contribution in [1.29, 1.82) is 0 Å². The van der Waals surface area contributed by atoms with Crippen LogP contribution in [0.1, 0.15) is 57.8 Å². The van der Waals surface area contributed by atoms with E-state index in [1.807, 2.05) is 19.1 Å². The molecule has 0 unspecified atom stereocenters. The summed E-state index contributed by atoms with van der Waals surface area (Å²) < 4.78 is 13.3. The number of aliphatic carboxylic acids is 1. The van der Waals surface area contributed by atoms with Crippen LogP contribution < -0.4 is 4.74 Å². The van der Waals surface area contributed by atoms with Crippen molar-refractivity contribution in [3.63, 3.8) is 0 Å². The fourth-order valence-electron chi connectivity index (χ4n) is 4.71. The monoisotopic (exact) mass is 471 g/mol. The third-order valence-electron chi connectivity index (χ3n) is 6.55. The van der Waals surface area contributed by atoms with Gasteiger partial charge in [0.15, 0.2) is 0 Å². The topological polar surface area (TPSA) is 120 Å². The van der Waals surface area contributed by atoms with E-state index in [9.17, 15) is 14.7 Å². The maximum atomic E-state index is 12.4. The Morgan fingerprint density at radius 2 is 2.00 bits per heavy atom. The highest BCUT2D eigenvalue weighted by Gasteiger charge is 2.38. The Kier molecular flexibility index (Phi) is 6.77. The number of ether oxygens (including phenoxy) is 2. The van der Waals surface area contributed by atoms with E-state index >= 15 is 0 Å². The highest BCUT2D eigenvalue weighted by molar-refractivity contribution is 5.70. The van der Waals surface area contributed by atoms with Gasteiger partial charge in [-0.05, 0) is 44.2 Å². The number of hydrogen-bond donors (Lipinski definition) is 1. The third kappa shape index (κ3) is 5.15. The van der Waals surface area contributed by atoms with Crippen LogP contribution in [0.5, 0.6) is 5.75 Å². The van der Waals surface area contributed by atoms with Crippen LogP contribution in [0.4, 0.5) is 4.79 Å². The normalized spacial score (nSPS) is 21.6. The Labute approximate surface area is 199 Å². The van der Waals surface area contributed by atoms with Crippen molar-refractivity contribution in [3.8, 4) is 17.1 Å². The second-order valence-electron chi connectivity index (χ2n) is 10.0. The molecule has 1 aliphatic carbocycles. The zero-order valence-electron chi connectivity index (χ0n) is 20.3. The van der Waals surface area contributed by atoms with Crippen LogP contribution in [-0.4, -0.2) is 61.2 Å². The van der Waals surface area contributed by atoms with Crippen LogP contribution in [0.2, 0.25) is 0 Å². The lowest BCUT2D eigenvalue weighted by molar-refractivity contribution is -0.143. The molecule has 34 heavy (non-hydrogen) atoms. The molecular formula is C24H33N5O5. The van der Waals surface area contributed by atoms with Gasteiger partial charge in [0.1, 0.15) is 23.7 Å². The quantitative estimate of drug-likeness (QED) is 0.652. The molecule has 0 radical (unpaired) electrons. The van der Waals surface area contributed by atoms with E-state index in [-0.39, 0.29) is 30.1 Å². The Morgan fingerprint density at radius 1 is 1.24 bits per heavy atom. The van der Waals surface area contributed by atoms with Gasteiger partial charge in [0.05, 0.1) is 23.4 Å². The minimum Gasteiger partial charge on any atom is -0.488 e. The average Bonchev–Trinajstić information content (AvgIpc) is 3.16. The van der Waals surface area contributed by atoms with Crippen molar-refractivity contribution in [3.05, 3.63) is 23.5 Å². The Bertz CT molecular complexity index is 1060. The molecule has 0 bridgehead atoms. The highest BCUT2D eigenvalue weighted by Crippen LogP contribution is 2.32. The maximum Gasteiger partial charge on any atom is 0.410 e. The van der Waals surface area contributed by atoms with Crippen LogP contribution in [0, 0.1) is 11.3 Å². The van der Waals surface area contributed by atoms with E-state index in [0.717, 1.165) is 18.5 Å². The van der Waals surface area contributed by atoms with Gasteiger partial charge in [-0.15, -0.1) is 5.10 Å². The standard InChI is InChI=1S/C24H33N5O5/c1-5-17-20(34-16-8-6-7-15(11-16)22(30)31)10-9-18(25-17)21-19(28(4)27-26-21)12-33-23(32)29-13-24(2,3)14-29/h9-10,15-16H,5-8,11-14H2,1-4H3,(H,30,31)/t15-,16-/m0/s1. The van der Waals surface area contributed by atoms with Crippen molar-refractivity contribution >= 4 is 12.1 Å². The van der Waals surface area contributed by atoms with Gasteiger partial charge in [-0.1, -0.05) is 26.0 Å². The minimum atomic E-state index is -0.758. The molecule has 10 heteroatoms. The lowest BCUT2D eigenvalue weighted by Crippen LogP contribution is -2.55. The van der Waals surface area contributed by atoms with Gasteiger partial charge in [0.25, 0.3) is 0 Å². The lowest BCUT2D eigenvalue weighted by atomic mass is 9.85. The van der Waals surface area contributed by atoms with E-state index in [1.165, 1.54) is 0 Å². The molecule has 10 nitrogen and oxygen atoms in total. The second kappa shape index (κ2) is 9.60. The zero-order valence-corrected chi connectivity index (χ0v) is 20.3. The summed E-state index contributed by atoms with van der Waals surface area (Å²) in [6.07, 6.45) is 3.05. The summed E-state index contributed by atoms with van der Waals surface area (Å²) in [5.41, 5.74) is 2.75. The first-order valence-corrected chi connectivity index (χ1v) is 11.9. The number of carboxylic acid groups (broad SMARTS) is 1. The van der Waals surface area contributed by atoms with E-state index in [1.54, 1.807) is 16.6 Å². The van der Waals surface area contributed by atoms with E-state index < -0.39 is 5.97 Å². The van der Waals surface area contributed by atoms with Crippen LogP contribution in [0.3, 0.4) is 0 Å². The number of nitrogens with zero attached hydrogens (tertiary/aromatic N) is 5. The number of carboxylic acids is 1. The summed E-state index contributed by atoms with van der Waals surface area (Å²) in [5, 5.41) is 17.7. The molecule has 4 rings (SSSR count). The number of carbonyl (C=O) groups is 2. The van der Waals surface area contributed by atoms with Crippen molar-refractivity contribution in [2.75, 3.05) is 13.1 Å². The fraction of sp³-hybridized carbons (Fsp3) is 0.625. The Hall–Kier alpha value is -3.17. The maximum absolute atomic E-state index is 12.4. The van der Waals surface area contributed by atoms with Crippen molar-refractivity contribution in [2.45, 2.75) is 65.6 Å². The second-order valence-corrected chi connectivity index (χ2v) is 10.0. The third-order valence-corrected chi connectivity index (χ3v) is 6.55. The molecule has 1 saturated carbocycles. The predicted octanol–water partition coefficient (Wildman–Crippen LogP) is 3.44. The fourth-order valence-corrected chi connectivity index (χ4v) is 4.71. The van der Waals surface area contributed by atoms with Crippen LogP contribution in [0.25, 0.3) is 11.4 Å². The molecule has 1 N–H and O–H groups in total. The predicted molar refractivity (Wildman–Crippen MR) is 123 cm³/mol. The van der Waals surface area contributed by atoms with Crippen LogP contribution >= 0.6 is 0 Å². The number of aromatic nitrogens is 4. The van der Waals surface area contributed by atoms with Gasteiger partial charge in [0, 0.05) is 25.6 Å². The van der Waals surface area contributed by atoms with Gasteiger partial charge in [-0.2, -0.15) is 0 Å². The first-order chi connectivity index (χ1) is 16.2. The molecule has 2 fully saturated rings. The molecule has 0 aromatic carbocycles. The Morgan fingerprint density at radius 3 is 2.68 bits per heavy atom. The van der Waals surface area contributed by atoms with Gasteiger partial charge < -0.3 is 19.5 Å². The van der Waals surface area contributed by atoms with E-state index in [4.69, 9.17) is 14.5 Å². The number of likely N-dealkylation sites (tertiary alicyclic amines) is 1. The largest absolute Gasteiger partial charge is 0.488 e. The molecule has 0 spiro atoms. The summed E-state index contributed by atoms with van der Waals surface area (Å²) in [6.45, 7) is 7.63. The molecule has 3 heterocycles. The molecule has 2 atom stereocenters.